The number of oxime groups is 1. The van der Waals surface area contributed by atoms with Crippen LogP contribution >= 0.6 is 11.3 Å². The van der Waals surface area contributed by atoms with Gasteiger partial charge in [-0.15, -0.1) is 11.3 Å². The third kappa shape index (κ3) is 11.2. The van der Waals surface area contributed by atoms with Gasteiger partial charge in [-0.05, 0) is 86.6 Å². The summed E-state index contributed by atoms with van der Waals surface area (Å²) in [6, 6.07) is 6.86. The molecule has 16 nitrogen and oxygen atoms in total. The van der Waals surface area contributed by atoms with E-state index < -0.39 is 46.8 Å². The average Bonchev–Trinajstić information content (AvgIpc) is 3.60. The summed E-state index contributed by atoms with van der Waals surface area (Å²) in [6.07, 6.45) is -1.40. The van der Waals surface area contributed by atoms with Crippen LogP contribution in [0.15, 0.2) is 34.8 Å². The molecule has 4 rings (SSSR count). The van der Waals surface area contributed by atoms with Crippen molar-refractivity contribution >= 4 is 46.4 Å². The number of hydrogen-bond acceptors (Lipinski definition) is 13. The number of fused-ring (bicyclic) bond motifs is 1. The number of carboxylic acid groups (broad SMARTS) is 1. The van der Waals surface area contributed by atoms with Crippen LogP contribution in [0.25, 0.3) is 11.4 Å². The lowest BCUT2D eigenvalue weighted by Gasteiger charge is -2.30. The number of ether oxygens (including phenoxy) is 4. The maximum atomic E-state index is 13.5. The highest BCUT2D eigenvalue weighted by molar-refractivity contribution is 7.14. The summed E-state index contributed by atoms with van der Waals surface area (Å²) >= 11 is 1.01. The minimum absolute atomic E-state index is 0.000893. The Labute approximate surface area is 299 Å². The Morgan fingerprint density at radius 3 is 2.12 bits per heavy atom. The second-order valence-electron chi connectivity index (χ2n) is 14.4. The molecule has 51 heavy (non-hydrogen) atoms. The van der Waals surface area contributed by atoms with Crippen molar-refractivity contribution in [2.45, 2.75) is 92.1 Å². The number of rotatable bonds is 9. The molecule has 0 bridgehead atoms. The van der Waals surface area contributed by atoms with E-state index in [1.54, 1.807) is 91.5 Å². The van der Waals surface area contributed by atoms with Gasteiger partial charge in [-0.1, -0.05) is 5.16 Å². The number of aliphatic carboxylic acids is 1. The molecule has 0 spiro atoms. The van der Waals surface area contributed by atoms with Gasteiger partial charge in [0, 0.05) is 23.9 Å². The van der Waals surface area contributed by atoms with Gasteiger partial charge in [0.1, 0.15) is 40.7 Å². The van der Waals surface area contributed by atoms with E-state index in [4.69, 9.17) is 28.8 Å². The number of anilines is 1. The quantitative estimate of drug-likeness (QED) is 0.108. The van der Waals surface area contributed by atoms with E-state index in [0.717, 1.165) is 11.3 Å². The summed E-state index contributed by atoms with van der Waals surface area (Å²) in [5.74, 6) is -0.541. The lowest BCUT2D eigenvalue weighted by molar-refractivity contribution is -0.129. The van der Waals surface area contributed by atoms with Gasteiger partial charge in [-0.25, -0.2) is 33.7 Å². The fourth-order valence-electron chi connectivity index (χ4n) is 4.58. The summed E-state index contributed by atoms with van der Waals surface area (Å²) in [5, 5.41) is 17.3. The lowest BCUT2D eigenvalue weighted by Crippen LogP contribution is -2.41. The molecule has 276 valence electrons. The molecule has 1 aliphatic rings. The molecule has 3 heterocycles. The van der Waals surface area contributed by atoms with Crippen LogP contribution in [0.4, 0.5) is 19.5 Å². The SMILES string of the molecule is CC(C)(C)OC(=O)Nc1nc(/C(=N/OCCOc2ccc(-c3nc4c(n3C(=O)OC(C)(C)C)CN(C(=O)OC(C)(C)C)CC4)cc2)C(=O)O)cs1. The van der Waals surface area contributed by atoms with Crippen molar-refractivity contribution in [3.8, 4) is 17.1 Å². The Balaban J connectivity index is 1.41. The fraction of sp³-hybridized carbons (Fsp3) is 0.500. The Kier molecular flexibility index (Phi) is 11.6. The van der Waals surface area contributed by atoms with Crippen molar-refractivity contribution in [2.24, 2.45) is 5.16 Å². The van der Waals surface area contributed by atoms with Gasteiger partial charge >= 0.3 is 24.2 Å². The highest BCUT2D eigenvalue weighted by atomic mass is 32.1. The number of carbonyl (C=O) groups is 4. The number of hydrogen-bond donors (Lipinski definition) is 2. The molecule has 2 aromatic heterocycles. The lowest BCUT2D eigenvalue weighted by atomic mass is 10.1. The first kappa shape index (κ1) is 38.6. The van der Waals surface area contributed by atoms with Gasteiger partial charge in [0.05, 0.1) is 17.9 Å². The molecular weight excluding hydrogens is 684 g/mol. The summed E-state index contributed by atoms with van der Waals surface area (Å²) in [5.41, 5.74) is -0.775. The Morgan fingerprint density at radius 1 is 0.882 bits per heavy atom. The predicted octanol–water partition coefficient (Wildman–Crippen LogP) is 6.31. The van der Waals surface area contributed by atoms with Crippen molar-refractivity contribution in [2.75, 3.05) is 25.1 Å². The fourth-order valence-corrected chi connectivity index (χ4v) is 5.26. The zero-order chi connectivity index (χ0) is 37.7. The van der Waals surface area contributed by atoms with E-state index in [9.17, 15) is 24.3 Å². The van der Waals surface area contributed by atoms with Crippen LogP contribution in [0.5, 0.6) is 5.75 Å². The molecule has 0 atom stereocenters. The molecule has 1 aromatic carbocycles. The minimum Gasteiger partial charge on any atom is -0.490 e. The molecule has 0 radical (unpaired) electrons. The van der Waals surface area contributed by atoms with Crippen molar-refractivity contribution in [1.29, 1.82) is 0 Å². The van der Waals surface area contributed by atoms with E-state index in [1.165, 1.54) is 9.95 Å². The minimum atomic E-state index is -1.37. The second-order valence-corrected chi connectivity index (χ2v) is 15.3. The van der Waals surface area contributed by atoms with Crippen LogP contribution in [-0.2, 0) is 36.8 Å². The van der Waals surface area contributed by atoms with Crippen LogP contribution in [0.1, 0.15) is 79.4 Å². The third-order valence-electron chi connectivity index (χ3n) is 6.51. The Hall–Kier alpha value is -5.19. The number of carboxylic acids is 1. The normalized spacial score (nSPS) is 13.6. The molecular formula is C34H44N6O10S. The topological polar surface area (TPSA) is 193 Å². The van der Waals surface area contributed by atoms with Crippen molar-refractivity contribution < 1.29 is 48.1 Å². The number of thiazole rings is 1. The molecule has 17 heteroatoms. The monoisotopic (exact) mass is 728 g/mol. The largest absolute Gasteiger partial charge is 0.490 e. The van der Waals surface area contributed by atoms with E-state index >= 15 is 0 Å². The van der Waals surface area contributed by atoms with E-state index in [1.807, 2.05) is 0 Å². The van der Waals surface area contributed by atoms with Gasteiger partial charge in [-0.2, -0.15) is 0 Å². The standard InChI is InChI=1S/C34H44N6O10S/c1-32(2,3)48-29(43)37-28-36-23(19-51-28)25(27(41)42)38-47-17-16-46-21-12-10-20(11-13-21)26-35-22-14-15-39(30(44)49-33(4,5)6)18-24(22)40(26)31(45)50-34(7,8)9/h10-13,19H,14-18H2,1-9H3,(H,41,42)(H,36,37,43)/b38-25-. The molecule has 0 unspecified atom stereocenters. The van der Waals surface area contributed by atoms with E-state index in [0.29, 0.717) is 41.5 Å². The van der Waals surface area contributed by atoms with Crippen LogP contribution in [0.2, 0.25) is 0 Å². The van der Waals surface area contributed by atoms with Crippen molar-refractivity contribution in [1.82, 2.24) is 19.4 Å². The number of imidazole rings is 1. The number of aromatic nitrogens is 3. The zero-order valence-electron chi connectivity index (χ0n) is 30.2. The predicted molar refractivity (Wildman–Crippen MR) is 187 cm³/mol. The molecule has 3 aromatic rings. The molecule has 0 aliphatic carbocycles. The molecule has 0 fully saturated rings. The van der Waals surface area contributed by atoms with E-state index in [-0.39, 0.29) is 30.6 Å². The molecule has 1 aliphatic heterocycles. The van der Waals surface area contributed by atoms with Gasteiger partial charge < -0.3 is 33.8 Å². The van der Waals surface area contributed by atoms with Crippen molar-refractivity contribution in [3.05, 3.63) is 46.7 Å². The summed E-state index contributed by atoms with van der Waals surface area (Å²) in [6.45, 7) is 16.3. The number of amides is 2. The highest BCUT2D eigenvalue weighted by Crippen LogP contribution is 2.30. The first-order chi connectivity index (χ1) is 23.7. The van der Waals surface area contributed by atoms with Crippen LogP contribution in [0, 0.1) is 0 Å². The van der Waals surface area contributed by atoms with E-state index in [2.05, 4.69) is 15.5 Å². The molecule has 0 saturated heterocycles. The summed E-state index contributed by atoms with van der Waals surface area (Å²) in [7, 11) is 0. The van der Waals surface area contributed by atoms with Crippen LogP contribution < -0.4 is 10.1 Å². The highest BCUT2D eigenvalue weighted by Gasteiger charge is 2.33. The Morgan fingerprint density at radius 2 is 1.51 bits per heavy atom. The van der Waals surface area contributed by atoms with Crippen molar-refractivity contribution in [3.63, 3.8) is 0 Å². The van der Waals surface area contributed by atoms with Gasteiger partial charge in [0.15, 0.2) is 11.7 Å². The second kappa shape index (κ2) is 15.4. The zero-order valence-corrected chi connectivity index (χ0v) is 31.0. The maximum Gasteiger partial charge on any atom is 0.420 e. The smallest absolute Gasteiger partial charge is 0.420 e. The number of nitrogens with zero attached hydrogens (tertiary/aromatic N) is 5. The average molecular weight is 729 g/mol. The molecule has 2 N–H and O–H groups in total. The Bertz CT molecular complexity index is 1780. The number of nitrogens with one attached hydrogen (secondary N) is 1. The first-order valence-corrected chi connectivity index (χ1v) is 17.0. The molecule has 0 saturated carbocycles. The molecule has 2 amide bonds. The number of benzene rings is 1. The van der Waals surface area contributed by atoms with Crippen LogP contribution in [-0.4, -0.2) is 91.1 Å². The first-order valence-electron chi connectivity index (χ1n) is 16.1. The van der Waals surface area contributed by atoms with Gasteiger partial charge in [-0.3, -0.25) is 5.32 Å². The van der Waals surface area contributed by atoms with Crippen LogP contribution in [0.3, 0.4) is 0 Å². The van der Waals surface area contributed by atoms with Gasteiger partial charge in [0.2, 0.25) is 5.71 Å². The summed E-state index contributed by atoms with van der Waals surface area (Å²) in [4.78, 5) is 65.7. The summed E-state index contributed by atoms with van der Waals surface area (Å²) < 4.78 is 23.6. The third-order valence-corrected chi connectivity index (χ3v) is 7.27. The maximum absolute atomic E-state index is 13.5. The van der Waals surface area contributed by atoms with Gasteiger partial charge in [0.25, 0.3) is 0 Å². The number of carbonyl (C=O) groups excluding carboxylic acids is 3.